The zero-order valence-electron chi connectivity index (χ0n) is 12.6. The van der Waals surface area contributed by atoms with Crippen LogP contribution in [0.5, 0.6) is 0 Å². The summed E-state index contributed by atoms with van der Waals surface area (Å²) in [6, 6.07) is 0.971. The molecule has 112 valence electrons. The number of carbonyl (C=O) groups is 1. The lowest BCUT2D eigenvalue weighted by atomic mass is 10.0. The first-order chi connectivity index (χ1) is 9.75. The van der Waals surface area contributed by atoms with E-state index in [4.69, 9.17) is 0 Å². The highest BCUT2D eigenvalue weighted by molar-refractivity contribution is 5.81. The molecular formula is C16H27N3O. The fourth-order valence-electron chi connectivity index (χ4n) is 3.34. The van der Waals surface area contributed by atoms with Gasteiger partial charge < -0.3 is 10.2 Å². The van der Waals surface area contributed by atoms with Crippen molar-refractivity contribution in [1.82, 2.24) is 15.1 Å². The van der Waals surface area contributed by atoms with Crippen molar-refractivity contribution in [3.05, 3.63) is 11.8 Å². The minimum atomic E-state index is 0.328. The Balaban J connectivity index is 1.64. The summed E-state index contributed by atoms with van der Waals surface area (Å²) < 4.78 is 0. The van der Waals surface area contributed by atoms with E-state index in [1.807, 2.05) is 0 Å². The summed E-state index contributed by atoms with van der Waals surface area (Å²) in [5.41, 5.74) is 1.31. The number of piperazine rings is 1. The highest BCUT2D eigenvalue weighted by atomic mass is 16.2. The number of nitrogens with zero attached hydrogens (tertiary/aromatic N) is 2. The lowest BCUT2D eigenvalue weighted by molar-refractivity contribution is -0.131. The van der Waals surface area contributed by atoms with Gasteiger partial charge in [0.05, 0.1) is 6.54 Å². The first-order valence-corrected chi connectivity index (χ1v) is 8.21. The Morgan fingerprint density at radius 1 is 1.45 bits per heavy atom. The Bertz CT molecular complexity index is 389. The van der Waals surface area contributed by atoms with Crippen LogP contribution < -0.4 is 5.32 Å². The van der Waals surface area contributed by atoms with Crippen LogP contribution in [0.3, 0.4) is 0 Å². The maximum absolute atomic E-state index is 12.8. The van der Waals surface area contributed by atoms with Crippen molar-refractivity contribution in [3.63, 3.8) is 0 Å². The average molecular weight is 277 g/mol. The minimum Gasteiger partial charge on any atom is -0.314 e. The zero-order chi connectivity index (χ0) is 13.9. The van der Waals surface area contributed by atoms with Crippen LogP contribution in [0.25, 0.3) is 0 Å². The van der Waals surface area contributed by atoms with Crippen molar-refractivity contribution in [3.8, 4) is 0 Å². The van der Waals surface area contributed by atoms with Crippen LogP contribution in [0.15, 0.2) is 11.8 Å². The van der Waals surface area contributed by atoms with E-state index in [1.54, 1.807) is 0 Å². The normalized spacial score (nSPS) is 28.1. The molecule has 0 radical (unpaired) electrons. The molecule has 0 aromatic rings. The molecule has 4 heteroatoms. The van der Waals surface area contributed by atoms with E-state index in [9.17, 15) is 4.79 Å². The van der Waals surface area contributed by atoms with E-state index in [1.165, 1.54) is 31.4 Å². The summed E-state index contributed by atoms with van der Waals surface area (Å²) in [6.07, 6.45) is 9.47. The topological polar surface area (TPSA) is 35.6 Å². The Morgan fingerprint density at radius 2 is 2.30 bits per heavy atom. The molecule has 1 N–H and O–H groups in total. The van der Waals surface area contributed by atoms with Gasteiger partial charge in [0.25, 0.3) is 0 Å². The molecule has 0 spiro atoms. The molecule has 0 bridgehead atoms. The molecule has 2 fully saturated rings. The Labute approximate surface area is 122 Å². The molecule has 0 aromatic heterocycles. The van der Waals surface area contributed by atoms with E-state index in [2.05, 4.69) is 28.1 Å². The number of nitrogens with one attached hydrogen (secondary N) is 1. The maximum Gasteiger partial charge on any atom is 0.241 e. The molecule has 1 saturated carbocycles. The Morgan fingerprint density at radius 3 is 2.95 bits per heavy atom. The highest BCUT2D eigenvalue weighted by Crippen LogP contribution is 2.33. The van der Waals surface area contributed by atoms with Crippen molar-refractivity contribution in [2.45, 2.75) is 57.5 Å². The predicted molar refractivity (Wildman–Crippen MR) is 80.3 cm³/mol. The van der Waals surface area contributed by atoms with E-state index < -0.39 is 0 Å². The molecule has 1 atom stereocenters. The quantitative estimate of drug-likeness (QED) is 0.850. The second kappa shape index (κ2) is 6.27. The third-order valence-electron chi connectivity index (χ3n) is 4.73. The molecule has 20 heavy (non-hydrogen) atoms. The first-order valence-electron chi connectivity index (χ1n) is 8.21. The number of amides is 1. The van der Waals surface area contributed by atoms with Gasteiger partial charge in [-0.3, -0.25) is 9.69 Å². The molecule has 1 saturated heterocycles. The van der Waals surface area contributed by atoms with Crippen molar-refractivity contribution in [2.24, 2.45) is 0 Å². The monoisotopic (exact) mass is 277 g/mol. The van der Waals surface area contributed by atoms with Crippen LogP contribution in [-0.2, 0) is 4.79 Å². The van der Waals surface area contributed by atoms with Crippen molar-refractivity contribution >= 4 is 5.91 Å². The predicted octanol–water partition coefficient (Wildman–Crippen LogP) is 1.73. The van der Waals surface area contributed by atoms with Gasteiger partial charge >= 0.3 is 0 Å². The number of hydrogen-bond donors (Lipinski definition) is 1. The summed E-state index contributed by atoms with van der Waals surface area (Å²) in [7, 11) is 0. The van der Waals surface area contributed by atoms with Crippen molar-refractivity contribution < 1.29 is 4.79 Å². The van der Waals surface area contributed by atoms with Gasteiger partial charge in [0, 0.05) is 37.4 Å². The third kappa shape index (κ3) is 3.23. The number of allylic oxidation sites excluding steroid dienone is 2. The lowest BCUT2D eigenvalue weighted by Crippen LogP contribution is -2.53. The molecule has 0 unspecified atom stereocenters. The van der Waals surface area contributed by atoms with Crippen molar-refractivity contribution in [1.29, 1.82) is 0 Å². The van der Waals surface area contributed by atoms with E-state index in [0.29, 0.717) is 24.5 Å². The largest absolute Gasteiger partial charge is 0.314 e. The van der Waals surface area contributed by atoms with Gasteiger partial charge in [0.2, 0.25) is 5.91 Å². The van der Waals surface area contributed by atoms with Crippen LogP contribution >= 0.6 is 0 Å². The zero-order valence-corrected chi connectivity index (χ0v) is 12.6. The summed E-state index contributed by atoms with van der Waals surface area (Å²) >= 11 is 0. The second-order valence-electron chi connectivity index (χ2n) is 6.46. The molecule has 3 aliphatic rings. The third-order valence-corrected chi connectivity index (χ3v) is 4.73. The molecule has 1 aliphatic heterocycles. The second-order valence-corrected chi connectivity index (χ2v) is 6.46. The molecular weight excluding hydrogens is 250 g/mol. The summed E-state index contributed by atoms with van der Waals surface area (Å²) in [6.45, 7) is 5.80. The number of carbonyl (C=O) groups excluding carboxylic acids is 1. The standard InChI is InChI=1S/C16H27N3O/c1-13-11-17-9-10-18(13)12-16(20)19(15-7-8-15)14-5-3-2-4-6-14/h5,13,15,17H,2-4,6-12H2,1H3/t13-/m0/s1. The van der Waals surface area contributed by atoms with E-state index in [0.717, 1.165) is 32.5 Å². The maximum atomic E-state index is 12.8. The summed E-state index contributed by atoms with van der Waals surface area (Å²) in [4.78, 5) is 17.2. The molecule has 1 amide bonds. The minimum absolute atomic E-state index is 0.328. The van der Waals surface area contributed by atoms with Crippen LogP contribution in [0.2, 0.25) is 0 Å². The summed E-state index contributed by atoms with van der Waals surface area (Å²) in [5.74, 6) is 0.328. The van der Waals surface area contributed by atoms with Gasteiger partial charge in [-0.1, -0.05) is 6.08 Å². The molecule has 0 aromatic carbocycles. The number of rotatable bonds is 4. The lowest BCUT2D eigenvalue weighted by Gasteiger charge is -2.36. The first kappa shape index (κ1) is 14.1. The van der Waals surface area contributed by atoms with Crippen LogP contribution in [0, 0.1) is 0 Å². The Hall–Kier alpha value is -0.870. The van der Waals surface area contributed by atoms with Crippen LogP contribution in [0.1, 0.15) is 45.4 Å². The smallest absolute Gasteiger partial charge is 0.241 e. The van der Waals surface area contributed by atoms with Gasteiger partial charge in [0.1, 0.15) is 0 Å². The average Bonchev–Trinajstić information content (AvgIpc) is 3.28. The molecule has 2 aliphatic carbocycles. The van der Waals surface area contributed by atoms with Gasteiger partial charge in [0.15, 0.2) is 0 Å². The van der Waals surface area contributed by atoms with Crippen LogP contribution in [-0.4, -0.2) is 54.0 Å². The summed E-state index contributed by atoms with van der Waals surface area (Å²) in [5, 5.41) is 3.39. The highest BCUT2D eigenvalue weighted by Gasteiger charge is 2.36. The van der Waals surface area contributed by atoms with Gasteiger partial charge in [-0.25, -0.2) is 0 Å². The Kier molecular flexibility index (Phi) is 4.41. The fraction of sp³-hybridized carbons (Fsp3) is 0.812. The molecule has 1 heterocycles. The van der Waals surface area contributed by atoms with Crippen LogP contribution in [0.4, 0.5) is 0 Å². The van der Waals surface area contributed by atoms with E-state index in [-0.39, 0.29) is 0 Å². The van der Waals surface area contributed by atoms with E-state index >= 15 is 0 Å². The van der Waals surface area contributed by atoms with Gasteiger partial charge in [-0.05, 0) is 45.4 Å². The molecule has 4 nitrogen and oxygen atoms in total. The number of hydrogen-bond acceptors (Lipinski definition) is 3. The van der Waals surface area contributed by atoms with Gasteiger partial charge in [-0.2, -0.15) is 0 Å². The molecule has 3 rings (SSSR count). The SMILES string of the molecule is C[C@H]1CNCCN1CC(=O)N(C1=CCCCC1)C1CC1. The fourth-order valence-corrected chi connectivity index (χ4v) is 3.34. The van der Waals surface area contributed by atoms with Crippen molar-refractivity contribution in [2.75, 3.05) is 26.2 Å². The van der Waals surface area contributed by atoms with Gasteiger partial charge in [-0.15, -0.1) is 0 Å².